The summed E-state index contributed by atoms with van der Waals surface area (Å²) < 4.78 is 4.56. The first-order valence-electron chi connectivity index (χ1n) is 7.09. The van der Waals surface area contributed by atoms with Crippen LogP contribution in [0.5, 0.6) is 5.75 Å². The smallest absolute Gasteiger partial charge is 0.341 e. The third-order valence-corrected chi connectivity index (χ3v) is 3.52. The second-order valence-corrected chi connectivity index (χ2v) is 5.13. The Bertz CT molecular complexity index is 685. The number of amides is 1. The topological polar surface area (TPSA) is 100 Å². The summed E-state index contributed by atoms with van der Waals surface area (Å²) in [6.45, 7) is 0. The average Bonchev–Trinajstić information content (AvgIpc) is 3.33. The highest BCUT2D eigenvalue weighted by Crippen LogP contribution is 2.37. The summed E-state index contributed by atoms with van der Waals surface area (Å²) in [7, 11) is 1.21. The fourth-order valence-corrected chi connectivity index (χ4v) is 2.11. The third kappa shape index (κ3) is 4.07. The molecule has 1 amide bonds. The largest absolute Gasteiger partial charge is 0.505 e. The minimum absolute atomic E-state index is 0.0111. The molecule has 0 atom stereocenters. The lowest BCUT2D eigenvalue weighted by Crippen LogP contribution is -2.18. The molecule has 2 rings (SSSR count). The van der Waals surface area contributed by atoms with Gasteiger partial charge in [0.2, 0.25) is 5.91 Å². The van der Waals surface area contributed by atoms with Crippen LogP contribution in [0, 0.1) is 12.3 Å². The fraction of sp³-hybridized carbons (Fsp3) is 0.375. The Balaban J connectivity index is 1.93. The summed E-state index contributed by atoms with van der Waals surface area (Å²) in [6.07, 6.45) is 7.02. The predicted molar refractivity (Wildman–Crippen MR) is 83.0 cm³/mol. The van der Waals surface area contributed by atoms with Gasteiger partial charge in [-0.3, -0.25) is 4.79 Å². The lowest BCUT2D eigenvalue weighted by Gasteiger charge is -2.11. The number of methoxy groups -OCH3 is 1. The Labute approximate surface area is 133 Å². The molecule has 23 heavy (non-hydrogen) atoms. The number of terminal acetylenes is 1. The van der Waals surface area contributed by atoms with Gasteiger partial charge in [0.15, 0.2) is 11.4 Å². The summed E-state index contributed by atoms with van der Waals surface area (Å²) in [4.78, 5) is 23.5. The molecule has 2 N–H and O–H groups in total. The summed E-state index contributed by atoms with van der Waals surface area (Å²) in [5.74, 6) is 1.22. The van der Waals surface area contributed by atoms with Gasteiger partial charge in [-0.05, 0) is 12.1 Å². The second kappa shape index (κ2) is 6.92. The molecule has 0 saturated carbocycles. The van der Waals surface area contributed by atoms with E-state index in [-0.39, 0.29) is 29.3 Å². The van der Waals surface area contributed by atoms with Crippen molar-refractivity contribution in [1.82, 2.24) is 0 Å². The van der Waals surface area contributed by atoms with Gasteiger partial charge in [0, 0.05) is 25.7 Å². The number of carbonyl (C=O) groups excluding carboxylic acids is 2. The van der Waals surface area contributed by atoms with Crippen molar-refractivity contribution >= 4 is 17.6 Å². The lowest BCUT2D eigenvalue weighted by molar-refractivity contribution is -0.116. The number of phenols is 1. The van der Waals surface area contributed by atoms with Crippen LogP contribution in [0.15, 0.2) is 28.4 Å². The maximum absolute atomic E-state index is 12.0. The number of nitrogens with one attached hydrogen (secondary N) is 1. The standard InChI is InChI=1S/C16H17N3O4/c1-3-4-9-16(18-19-16)10-8-13(20)17-12-7-5-6-11(14(12)21)15(22)23-2/h1,5-7,21H,4,8-10H2,2H3,(H,17,20). The monoisotopic (exact) mass is 315 g/mol. The summed E-state index contributed by atoms with van der Waals surface area (Å²) in [5, 5.41) is 20.5. The number of esters is 1. The van der Waals surface area contributed by atoms with Crippen LogP contribution >= 0.6 is 0 Å². The van der Waals surface area contributed by atoms with Crippen LogP contribution in [-0.4, -0.2) is 29.8 Å². The van der Waals surface area contributed by atoms with E-state index in [1.165, 1.54) is 19.2 Å². The van der Waals surface area contributed by atoms with Crippen molar-refractivity contribution in [2.75, 3.05) is 12.4 Å². The highest BCUT2D eigenvalue weighted by atomic mass is 16.5. The van der Waals surface area contributed by atoms with Crippen LogP contribution in [0.1, 0.15) is 36.0 Å². The number of anilines is 1. The van der Waals surface area contributed by atoms with E-state index in [2.05, 4.69) is 26.2 Å². The molecule has 7 nitrogen and oxygen atoms in total. The molecule has 0 spiro atoms. The minimum atomic E-state index is -0.678. The predicted octanol–water partition coefficient (Wildman–Crippen LogP) is 2.47. The maximum Gasteiger partial charge on any atom is 0.341 e. The van der Waals surface area contributed by atoms with Crippen molar-refractivity contribution in [3.05, 3.63) is 23.8 Å². The molecule has 0 fully saturated rings. The molecule has 1 heterocycles. The zero-order valence-electron chi connectivity index (χ0n) is 12.7. The zero-order valence-corrected chi connectivity index (χ0v) is 12.7. The molecule has 0 radical (unpaired) electrons. The summed E-state index contributed by atoms with van der Waals surface area (Å²) in [6, 6.07) is 4.45. The maximum atomic E-state index is 12.0. The number of nitrogens with zero attached hydrogens (tertiary/aromatic N) is 2. The average molecular weight is 315 g/mol. The molecule has 0 aliphatic carbocycles. The van der Waals surface area contributed by atoms with Gasteiger partial charge < -0.3 is 15.2 Å². The Kier molecular flexibility index (Phi) is 4.96. The molecule has 7 heteroatoms. The molecule has 1 aliphatic heterocycles. The van der Waals surface area contributed by atoms with E-state index >= 15 is 0 Å². The van der Waals surface area contributed by atoms with Gasteiger partial charge in [-0.25, -0.2) is 4.79 Å². The number of hydrogen-bond donors (Lipinski definition) is 2. The van der Waals surface area contributed by atoms with E-state index in [1.54, 1.807) is 6.07 Å². The Hall–Kier alpha value is -2.88. The number of carbonyl (C=O) groups is 2. The Morgan fingerprint density at radius 1 is 1.39 bits per heavy atom. The second-order valence-electron chi connectivity index (χ2n) is 5.13. The quantitative estimate of drug-likeness (QED) is 0.458. The van der Waals surface area contributed by atoms with Crippen molar-refractivity contribution < 1.29 is 19.4 Å². The van der Waals surface area contributed by atoms with Crippen LogP contribution < -0.4 is 5.32 Å². The van der Waals surface area contributed by atoms with E-state index in [0.717, 1.165) is 0 Å². The summed E-state index contributed by atoms with van der Waals surface area (Å²) in [5.41, 5.74) is -0.386. The molecule has 0 saturated heterocycles. The normalized spacial score (nSPS) is 13.9. The number of ether oxygens (including phenoxy) is 1. The minimum Gasteiger partial charge on any atom is -0.505 e. The van der Waals surface area contributed by atoms with Crippen molar-refractivity contribution in [3.63, 3.8) is 0 Å². The highest BCUT2D eigenvalue weighted by Gasteiger charge is 2.39. The Morgan fingerprint density at radius 2 is 2.13 bits per heavy atom. The molecule has 1 aromatic carbocycles. The van der Waals surface area contributed by atoms with E-state index in [9.17, 15) is 14.7 Å². The van der Waals surface area contributed by atoms with E-state index in [1.807, 2.05) is 0 Å². The molecule has 1 aromatic rings. The van der Waals surface area contributed by atoms with Crippen molar-refractivity contribution in [1.29, 1.82) is 0 Å². The first kappa shape index (κ1) is 16.5. The lowest BCUT2D eigenvalue weighted by atomic mass is 10.0. The molecule has 120 valence electrons. The van der Waals surface area contributed by atoms with E-state index in [0.29, 0.717) is 19.3 Å². The highest BCUT2D eigenvalue weighted by molar-refractivity contribution is 5.98. The molecule has 0 unspecified atom stereocenters. The van der Waals surface area contributed by atoms with Crippen molar-refractivity contribution in [2.24, 2.45) is 10.2 Å². The number of hydrogen-bond acceptors (Lipinski definition) is 6. The molecule has 0 bridgehead atoms. The van der Waals surface area contributed by atoms with Gasteiger partial charge in [0.25, 0.3) is 0 Å². The van der Waals surface area contributed by atoms with Crippen LogP contribution in [-0.2, 0) is 9.53 Å². The molecule has 1 aliphatic rings. The van der Waals surface area contributed by atoms with Crippen LogP contribution in [0.4, 0.5) is 5.69 Å². The van der Waals surface area contributed by atoms with Gasteiger partial charge in [0.1, 0.15) is 5.56 Å². The van der Waals surface area contributed by atoms with Crippen LogP contribution in [0.3, 0.4) is 0 Å². The third-order valence-electron chi connectivity index (χ3n) is 3.52. The van der Waals surface area contributed by atoms with Crippen LogP contribution in [0.25, 0.3) is 0 Å². The number of rotatable bonds is 7. The first-order chi connectivity index (χ1) is 11.0. The number of aromatic hydroxyl groups is 1. The van der Waals surface area contributed by atoms with Crippen molar-refractivity contribution in [3.8, 4) is 18.1 Å². The number of para-hydroxylation sites is 1. The zero-order chi connectivity index (χ0) is 16.9. The van der Waals surface area contributed by atoms with Gasteiger partial charge in [-0.2, -0.15) is 10.2 Å². The van der Waals surface area contributed by atoms with Gasteiger partial charge in [-0.15, -0.1) is 12.3 Å². The summed E-state index contributed by atoms with van der Waals surface area (Å²) >= 11 is 0. The number of benzene rings is 1. The SMILES string of the molecule is C#CCCC1(CCC(=O)Nc2cccc(C(=O)OC)c2O)N=N1. The molecular weight excluding hydrogens is 298 g/mol. The van der Waals surface area contributed by atoms with E-state index in [4.69, 9.17) is 6.42 Å². The van der Waals surface area contributed by atoms with Gasteiger partial charge in [0.05, 0.1) is 12.8 Å². The number of phenolic OH excluding ortho intramolecular Hbond substituents is 1. The first-order valence-corrected chi connectivity index (χ1v) is 7.09. The van der Waals surface area contributed by atoms with E-state index < -0.39 is 11.6 Å². The molecular formula is C16H17N3O4. The van der Waals surface area contributed by atoms with Gasteiger partial charge in [-0.1, -0.05) is 6.07 Å². The van der Waals surface area contributed by atoms with Gasteiger partial charge >= 0.3 is 5.97 Å². The fourth-order valence-electron chi connectivity index (χ4n) is 2.11. The van der Waals surface area contributed by atoms with Crippen molar-refractivity contribution in [2.45, 2.75) is 31.3 Å². The van der Waals surface area contributed by atoms with Crippen LogP contribution in [0.2, 0.25) is 0 Å². The Morgan fingerprint density at radius 3 is 2.74 bits per heavy atom. The molecule has 0 aromatic heterocycles.